The number of nitrogens with zero attached hydrogens (tertiary/aromatic N) is 4. The lowest BCUT2D eigenvalue weighted by Crippen LogP contribution is -2.03. The number of phosphoric acid groups is 2. The molecule has 0 unspecified atom stereocenters. The molecule has 2 aromatic carbocycles. The van der Waals surface area contributed by atoms with E-state index in [1.54, 1.807) is 76.2 Å². The van der Waals surface area contributed by atoms with E-state index in [0.717, 1.165) is 0 Å². The average molecular weight is 604 g/mol. The highest BCUT2D eigenvalue weighted by Gasteiger charge is 2.28. The minimum Gasteiger partial charge on any atom is -0.404 e. The monoisotopic (exact) mass is 603 g/mol. The molecule has 41 heavy (non-hydrogen) atoms. The number of phosphoric ester groups is 2. The highest BCUT2D eigenvalue weighted by Crippen LogP contribution is 2.50. The summed E-state index contributed by atoms with van der Waals surface area (Å²) in [5, 5.41) is 0. The number of fused-ring (bicyclic) bond motifs is 1. The van der Waals surface area contributed by atoms with Gasteiger partial charge in [0.1, 0.15) is 17.8 Å². The van der Waals surface area contributed by atoms with Gasteiger partial charge in [-0.1, -0.05) is 0 Å². The van der Waals surface area contributed by atoms with Crippen LogP contribution >= 0.6 is 15.6 Å². The summed E-state index contributed by atoms with van der Waals surface area (Å²) in [6, 6.07) is 13.4. The summed E-state index contributed by atoms with van der Waals surface area (Å²) in [5.74, 6) is 0.748. The van der Waals surface area contributed by atoms with Gasteiger partial charge >= 0.3 is 15.6 Å². The second-order valence-electron chi connectivity index (χ2n) is 8.15. The fourth-order valence-corrected chi connectivity index (χ4v) is 6.10. The molecule has 2 N–H and O–H groups in total. The summed E-state index contributed by atoms with van der Waals surface area (Å²) < 4.78 is 57.5. The van der Waals surface area contributed by atoms with E-state index in [1.807, 2.05) is 0 Å². The van der Waals surface area contributed by atoms with Crippen molar-refractivity contribution in [2.45, 2.75) is 27.7 Å². The molecule has 2 heterocycles. The van der Waals surface area contributed by atoms with Crippen molar-refractivity contribution in [2.75, 3.05) is 32.2 Å². The number of nitrogen functional groups attached to an aromatic ring is 1. The van der Waals surface area contributed by atoms with E-state index in [2.05, 4.69) is 9.97 Å². The summed E-state index contributed by atoms with van der Waals surface area (Å²) in [5.41, 5.74) is 9.00. The highest BCUT2D eigenvalue weighted by molar-refractivity contribution is 7.49. The maximum absolute atomic E-state index is 12.8. The first-order valence-electron chi connectivity index (χ1n) is 12.9. The second-order valence-corrected chi connectivity index (χ2v) is 11.3. The summed E-state index contributed by atoms with van der Waals surface area (Å²) in [6.07, 6.45) is 1.31. The number of anilines is 1. The van der Waals surface area contributed by atoms with E-state index in [1.165, 1.54) is 6.33 Å². The molecule has 218 valence electrons. The van der Waals surface area contributed by atoms with E-state index in [9.17, 15) is 9.13 Å². The van der Waals surface area contributed by atoms with Crippen molar-refractivity contribution in [1.29, 1.82) is 0 Å². The van der Waals surface area contributed by atoms with Crippen molar-refractivity contribution in [3.8, 4) is 34.0 Å². The van der Waals surface area contributed by atoms with Crippen molar-refractivity contribution in [3.05, 3.63) is 54.9 Å². The van der Waals surface area contributed by atoms with Crippen LogP contribution in [0.3, 0.4) is 0 Å². The van der Waals surface area contributed by atoms with Crippen LogP contribution in [0.25, 0.3) is 33.7 Å². The Balaban J connectivity index is 1.72. The predicted molar refractivity (Wildman–Crippen MR) is 153 cm³/mol. The molecule has 0 bridgehead atoms. The normalized spacial score (nSPS) is 12.0. The zero-order valence-corrected chi connectivity index (χ0v) is 24.8. The van der Waals surface area contributed by atoms with Crippen molar-refractivity contribution in [2.24, 2.45) is 0 Å². The Hall–Kier alpha value is -3.44. The first kappa shape index (κ1) is 30.5. The fourth-order valence-electron chi connectivity index (χ4n) is 3.72. The van der Waals surface area contributed by atoms with E-state index >= 15 is 0 Å². The molecule has 2 aromatic heterocycles. The number of aromatic nitrogens is 4. The second kappa shape index (κ2) is 13.5. The number of hydrogen-bond donors (Lipinski definition) is 1. The van der Waals surface area contributed by atoms with Crippen molar-refractivity contribution in [1.82, 2.24) is 19.9 Å². The molecule has 0 saturated carbocycles. The quantitative estimate of drug-likeness (QED) is 0.156. The Labute approximate surface area is 237 Å². The topological polar surface area (TPSA) is 167 Å². The molecule has 0 spiro atoms. The summed E-state index contributed by atoms with van der Waals surface area (Å²) in [6.45, 7) is 7.43. The maximum Gasteiger partial charge on any atom is 0.530 e. The zero-order chi connectivity index (χ0) is 29.5. The number of rotatable bonds is 14. The zero-order valence-electron chi connectivity index (χ0n) is 23.1. The van der Waals surface area contributed by atoms with Gasteiger partial charge in [-0.15, -0.1) is 0 Å². The molecule has 0 aliphatic rings. The van der Waals surface area contributed by atoms with Gasteiger partial charge in [0.2, 0.25) is 0 Å². The van der Waals surface area contributed by atoms with Gasteiger partial charge in [0.05, 0.1) is 37.8 Å². The van der Waals surface area contributed by atoms with E-state index in [-0.39, 0.29) is 43.7 Å². The summed E-state index contributed by atoms with van der Waals surface area (Å²) in [7, 11) is -7.53. The highest BCUT2D eigenvalue weighted by atomic mass is 31.2. The predicted octanol–water partition coefficient (Wildman–Crippen LogP) is 6.46. The van der Waals surface area contributed by atoms with E-state index in [4.69, 9.17) is 42.8 Å². The van der Waals surface area contributed by atoms with Gasteiger partial charge in [0.25, 0.3) is 0 Å². The minimum atomic E-state index is -3.76. The third-order valence-corrected chi connectivity index (χ3v) is 8.50. The van der Waals surface area contributed by atoms with Gasteiger partial charge in [-0.05, 0) is 76.2 Å². The number of benzene rings is 2. The Bertz CT molecular complexity index is 1550. The number of hydrogen-bond acceptors (Lipinski definition) is 13. The van der Waals surface area contributed by atoms with Crippen LogP contribution in [0.4, 0.5) is 5.82 Å². The molecular formula is C26H31N5O8P2. The molecule has 13 nitrogen and oxygen atoms in total. The van der Waals surface area contributed by atoms with Crippen molar-refractivity contribution >= 4 is 32.6 Å². The molecule has 4 rings (SSSR count). The van der Waals surface area contributed by atoms with Crippen LogP contribution in [0.2, 0.25) is 0 Å². The lowest BCUT2D eigenvalue weighted by molar-refractivity contribution is 0.166. The number of nitrogens with two attached hydrogens (primary N) is 1. The summed E-state index contributed by atoms with van der Waals surface area (Å²) >= 11 is 0. The van der Waals surface area contributed by atoms with Crippen molar-refractivity contribution in [3.63, 3.8) is 0 Å². The fraction of sp³-hybridized carbons (Fsp3) is 0.308. The Morgan fingerprint density at radius 1 is 0.634 bits per heavy atom. The summed E-state index contributed by atoms with van der Waals surface area (Å²) in [4.78, 5) is 17.7. The average Bonchev–Trinajstić information content (AvgIpc) is 2.94. The van der Waals surface area contributed by atoms with Crippen LogP contribution in [0.15, 0.2) is 54.9 Å². The van der Waals surface area contributed by atoms with Gasteiger partial charge in [0.15, 0.2) is 17.0 Å². The van der Waals surface area contributed by atoms with Crippen LogP contribution in [-0.4, -0.2) is 46.4 Å². The molecule has 0 radical (unpaired) electrons. The third kappa shape index (κ3) is 7.45. The van der Waals surface area contributed by atoms with Crippen LogP contribution in [0, 0.1) is 0 Å². The van der Waals surface area contributed by atoms with Crippen LogP contribution in [-0.2, 0) is 27.2 Å². The largest absolute Gasteiger partial charge is 0.530 e. The van der Waals surface area contributed by atoms with Crippen LogP contribution in [0.1, 0.15) is 27.7 Å². The maximum atomic E-state index is 12.8. The first-order valence-corrected chi connectivity index (χ1v) is 15.8. The van der Waals surface area contributed by atoms with Crippen LogP contribution in [0.5, 0.6) is 11.5 Å². The van der Waals surface area contributed by atoms with Gasteiger partial charge < -0.3 is 14.8 Å². The van der Waals surface area contributed by atoms with Crippen molar-refractivity contribution < 1.29 is 36.3 Å². The molecule has 0 fully saturated rings. The third-order valence-electron chi connectivity index (χ3n) is 5.34. The van der Waals surface area contributed by atoms with Gasteiger partial charge in [-0.25, -0.2) is 29.1 Å². The molecule has 0 saturated heterocycles. The molecule has 0 aliphatic heterocycles. The van der Waals surface area contributed by atoms with Crippen LogP contribution < -0.4 is 14.8 Å². The molecule has 0 aliphatic carbocycles. The smallest absolute Gasteiger partial charge is 0.404 e. The Morgan fingerprint density at radius 3 is 1.46 bits per heavy atom. The van der Waals surface area contributed by atoms with E-state index in [0.29, 0.717) is 33.7 Å². The standard InChI is InChI=1S/C26H31N5O8P2/c1-5-34-40(32,35-6-2)38-20-13-9-18(10-14-20)22-23(31-26-24(30-22)25(27)28-17-29-26)19-11-15-21(16-12-19)39-41(33,36-7-3)37-8-4/h9-17H,5-8H2,1-4H3,(H2,27,28,29,31). The van der Waals surface area contributed by atoms with Gasteiger partial charge in [-0.2, -0.15) is 0 Å². The van der Waals surface area contributed by atoms with Gasteiger partial charge in [-0.3, -0.25) is 18.1 Å². The molecule has 15 heteroatoms. The lowest BCUT2D eigenvalue weighted by atomic mass is 10.0. The SMILES string of the molecule is CCOP(=O)(OCC)Oc1ccc(-c2nc3ncnc(N)c3nc2-c2ccc(OP(=O)(OCC)OCC)cc2)cc1. The lowest BCUT2D eigenvalue weighted by Gasteiger charge is -2.18. The molecule has 0 atom stereocenters. The van der Waals surface area contributed by atoms with Gasteiger partial charge in [0, 0.05) is 11.1 Å². The minimum absolute atomic E-state index is 0.160. The van der Waals surface area contributed by atoms with E-state index < -0.39 is 15.6 Å². The molecular weight excluding hydrogens is 572 g/mol. The molecule has 0 amide bonds. The molecule has 4 aromatic rings. The Kier molecular flexibility index (Phi) is 10.0. The Morgan fingerprint density at radius 2 is 1.05 bits per heavy atom. The first-order chi connectivity index (χ1) is 19.7.